The molecule has 0 aliphatic heterocycles. The molecule has 0 spiro atoms. The predicted octanol–water partition coefficient (Wildman–Crippen LogP) is 2.60. The molecule has 2 nitrogen and oxygen atoms in total. The average molecular weight is 274 g/mol. The molecule has 0 atom stereocenters. The topological polar surface area (TPSA) is 15.3 Å². The molecule has 0 unspecified atom stereocenters. The van der Waals surface area contributed by atoms with Crippen molar-refractivity contribution in [2.75, 3.05) is 39.5 Å². The van der Waals surface area contributed by atoms with Crippen molar-refractivity contribution in [3.05, 3.63) is 29.8 Å². The summed E-state index contributed by atoms with van der Waals surface area (Å²) in [5.41, 5.74) is 0. The number of hydrogen-bond donors (Lipinski definition) is 1. The Kier molecular flexibility index (Phi) is 7.23. The van der Waals surface area contributed by atoms with Gasteiger partial charge in [0.15, 0.2) is 0 Å². The minimum absolute atomic E-state index is 0.353. The molecule has 5 heteroatoms. The highest BCUT2D eigenvalue weighted by molar-refractivity contribution is 7.99. The standard InChI is InChI=1S/C13H20F2N2S/c1-17(2)8-3-6-16-7-9-18-13-10-11(14)4-5-12(13)15/h4-5,10,16H,3,6-9H2,1-2H3. The Bertz CT molecular complexity index is 359. The first kappa shape index (κ1) is 15.4. The van der Waals surface area contributed by atoms with Gasteiger partial charge in [-0.1, -0.05) is 0 Å². The summed E-state index contributed by atoms with van der Waals surface area (Å²) in [7, 11) is 4.09. The maximum Gasteiger partial charge on any atom is 0.136 e. The Labute approximate surface area is 112 Å². The number of nitrogens with zero attached hydrogens (tertiary/aromatic N) is 1. The van der Waals surface area contributed by atoms with Crippen LogP contribution in [0.2, 0.25) is 0 Å². The molecule has 0 aromatic heterocycles. The van der Waals surface area contributed by atoms with Gasteiger partial charge in [-0.15, -0.1) is 11.8 Å². The Hall–Kier alpha value is -0.650. The smallest absolute Gasteiger partial charge is 0.136 e. The maximum atomic E-state index is 13.3. The van der Waals surface area contributed by atoms with Gasteiger partial charge in [0, 0.05) is 17.2 Å². The number of thioether (sulfide) groups is 1. The molecule has 0 saturated carbocycles. The van der Waals surface area contributed by atoms with Crippen molar-refractivity contribution in [1.82, 2.24) is 10.2 Å². The zero-order valence-electron chi connectivity index (χ0n) is 10.9. The van der Waals surface area contributed by atoms with Crippen LogP contribution in [0, 0.1) is 11.6 Å². The molecule has 0 fully saturated rings. The second-order valence-electron chi connectivity index (χ2n) is 4.33. The summed E-state index contributed by atoms with van der Waals surface area (Å²) in [5.74, 6) is -0.00523. The third kappa shape index (κ3) is 6.33. The van der Waals surface area contributed by atoms with Crippen LogP contribution in [0.3, 0.4) is 0 Å². The van der Waals surface area contributed by atoms with Gasteiger partial charge < -0.3 is 10.2 Å². The van der Waals surface area contributed by atoms with Crippen LogP contribution in [0.5, 0.6) is 0 Å². The van der Waals surface area contributed by atoms with Crippen molar-refractivity contribution >= 4 is 11.8 Å². The van der Waals surface area contributed by atoms with Crippen LogP contribution in [-0.2, 0) is 0 Å². The minimum atomic E-state index is -0.391. The lowest BCUT2D eigenvalue weighted by Crippen LogP contribution is -2.23. The first-order valence-corrected chi connectivity index (χ1v) is 7.01. The van der Waals surface area contributed by atoms with E-state index in [0.29, 0.717) is 4.90 Å². The lowest BCUT2D eigenvalue weighted by Gasteiger charge is -2.09. The Morgan fingerprint density at radius 3 is 2.72 bits per heavy atom. The fourth-order valence-corrected chi connectivity index (χ4v) is 2.33. The fourth-order valence-electron chi connectivity index (χ4n) is 1.47. The molecule has 1 N–H and O–H groups in total. The highest BCUT2D eigenvalue weighted by Gasteiger charge is 2.03. The van der Waals surface area contributed by atoms with Crippen molar-refractivity contribution in [1.29, 1.82) is 0 Å². The van der Waals surface area contributed by atoms with E-state index in [1.54, 1.807) is 0 Å². The third-order valence-corrected chi connectivity index (χ3v) is 3.42. The first-order chi connectivity index (χ1) is 8.59. The van der Waals surface area contributed by atoms with Crippen LogP contribution in [0.1, 0.15) is 6.42 Å². The van der Waals surface area contributed by atoms with Crippen LogP contribution in [0.4, 0.5) is 8.78 Å². The summed E-state index contributed by atoms with van der Waals surface area (Å²) in [5, 5.41) is 3.28. The Balaban J connectivity index is 2.12. The predicted molar refractivity (Wildman–Crippen MR) is 73.1 cm³/mol. The number of hydrogen-bond acceptors (Lipinski definition) is 3. The molecule has 18 heavy (non-hydrogen) atoms. The Morgan fingerprint density at radius 1 is 1.22 bits per heavy atom. The lowest BCUT2D eigenvalue weighted by atomic mass is 10.3. The molecule has 0 radical (unpaired) electrons. The summed E-state index contributed by atoms with van der Waals surface area (Å²) in [6.07, 6.45) is 1.09. The van der Waals surface area contributed by atoms with Gasteiger partial charge in [-0.2, -0.15) is 0 Å². The molecular weight excluding hydrogens is 254 g/mol. The van der Waals surface area contributed by atoms with E-state index >= 15 is 0 Å². The molecule has 0 aliphatic rings. The van der Waals surface area contributed by atoms with E-state index in [1.165, 1.54) is 23.9 Å². The highest BCUT2D eigenvalue weighted by atomic mass is 32.2. The molecule has 0 bridgehead atoms. The van der Waals surface area contributed by atoms with Gasteiger partial charge in [0.1, 0.15) is 11.6 Å². The first-order valence-electron chi connectivity index (χ1n) is 6.03. The van der Waals surface area contributed by atoms with Gasteiger partial charge in [0.05, 0.1) is 0 Å². The third-order valence-electron chi connectivity index (χ3n) is 2.39. The van der Waals surface area contributed by atoms with E-state index in [-0.39, 0.29) is 5.82 Å². The second kappa shape index (κ2) is 8.45. The monoisotopic (exact) mass is 274 g/mol. The highest BCUT2D eigenvalue weighted by Crippen LogP contribution is 2.21. The number of nitrogens with one attached hydrogen (secondary N) is 1. The maximum absolute atomic E-state index is 13.3. The van der Waals surface area contributed by atoms with Gasteiger partial charge in [-0.3, -0.25) is 0 Å². The molecule has 0 aliphatic carbocycles. The van der Waals surface area contributed by atoms with Crippen molar-refractivity contribution in [3.8, 4) is 0 Å². The molecule has 1 aromatic rings. The van der Waals surface area contributed by atoms with E-state index in [2.05, 4.69) is 10.2 Å². The number of rotatable bonds is 8. The van der Waals surface area contributed by atoms with Gasteiger partial charge in [0.25, 0.3) is 0 Å². The van der Waals surface area contributed by atoms with E-state index in [9.17, 15) is 8.78 Å². The quantitative estimate of drug-likeness (QED) is 0.579. The Morgan fingerprint density at radius 2 is 2.00 bits per heavy atom. The van der Waals surface area contributed by atoms with Crippen LogP contribution < -0.4 is 5.32 Å². The molecule has 0 heterocycles. The summed E-state index contributed by atoms with van der Waals surface area (Å²) in [4.78, 5) is 2.52. The largest absolute Gasteiger partial charge is 0.316 e. The van der Waals surface area contributed by atoms with Crippen molar-refractivity contribution in [2.45, 2.75) is 11.3 Å². The average Bonchev–Trinajstić information content (AvgIpc) is 2.32. The normalized spacial score (nSPS) is 11.2. The van der Waals surface area contributed by atoms with Crippen LogP contribution in [-0.4, -0.2) is 44.4 Å². The van der Waals surface area contributed by atoms with Gasteiger partial charge in [0.2, 0.25) is 0 Å². The molecule has 102 valence electrons. The van der Waals surface area contributed by atoms with Crippen LogP contribution >= 0.6 is 11.8 Å². The van der Waals surface area contributed by atoms with Crippen molar-refractivity contribution in [3.63, 3.8) is 0 Å². The summed E-state index contributed by atoms with van der Waals surface area (Å²) in [6, 6.07) is 3.55. The molecule has 1 aromatic carbocycles. The van der Waals surface area contributed by atoms with Crippen LogP contribution in [0.25, 0.3) is 0 Å². The zero-order chi connectivity index (χ0) is 13.4. The molecule has 0 saturated heterocycles. The van der Waals surface area contributed by atoms with Crippen molar-refractivity contribution in [2.24, 2.45) is 0 Å². The van der Waals surface area contributed by atoms with E-state index in [0.717, 1.165) is 37.9 Å². The fraction of sp³-hybridized carbons (Fsp3) is 0.538. The van der Waals surface area contributed by atoms with E-state index in [1.807, 2.05) is 14.1 Å². The molecule has 1 rings (SSSR count). The minimum Gasteiger partial charge on any atom is -0.316 e. The second-order valence-corrected chi connectivity index (χ2v) is 5.47. The summed E-state index contributed by atoms with van der Waals surface area (Å²) >= 11 is 1.34. The molecule has 0 amide bonds. The van der Waals surface area contributed by atoms with Gasteiger partial charge in [-0.05, 0) is 51.8 Å². The number of halogens is 2. The molecular formula is C13H20F2N2S. The van der Waals surface area contributed by atoms with E-state index in [4.69, 9.17) is 0 Å². The zero-order valence-corrected chi connectivity index (χ0v) is 11.7. The summed E-state index contributed by atoms with van der Waals surface area (Å²) in [6.45, 7) is 2.80. The SMILES string of the molecule is CN(C)CCCNCCSc1cc(F)ccc1F. The van der Waals surface area contributed by atoms with Gasteiger partial charge >= 0.3 is 0 Å². The van der Waals surface area contributed by atoms with Gasteiger partial charge in [-0.25, -0.2) is 8.78 Å². The van der Waals surface area contributed by atoms with Crippen LogP contribution in [0.15, 0.2) is 23.1 Å². The van der Waals surface area contributed by atoms with Crippen molar-refractivity contribution < 1.29 is 8.78 Å². The lowest BCUT2D eigenvalue weighted by molar-refractivity contribution is 0.396. The number of benzene rings is 1. The van der Waals surface area contributed by atoms with E-state index < -0.39 is 5.82 Å². The summed E-state index contributed by atoms with van der Waals surface area (Å²) < 4.78 is 26.2.